The maximum absolute atomic E-state index is 12.4. The molecule has 0 radical (unpaired) electrons. The average molecular weight is 484 g/mol. The molecule has 0 fully saturated rings. The van der Waals surface area contributed by atoms with Crippen molar-refractivity contribution in [1.29, 1.82) is 5.26 Å². The SMILES string of the molecule is CCOc1cc(/C=N\NC(=O)c2cc3cc([N+](=O)[O-])ccc3o2)ccc1OCc1ccccc1C#N. The van der Waals surface area contributed by atoms with Gasteiger partial charge in [-0.3, -0.25) is 14.9 Å². The van der Waals surface area contributed by atoms with Gasteiger partial charge in [0.15, 0.2) is 17.3 Å². The lowest BCUT2D eigenvalue weighted by Crippen LogP contribution is -2.16. The summed E-state index contributed by atoms with van der Waals surface area (Å²) >= 11 is 0. The Balaban J connectivity index is 1.43. The zero-order valence-electron chi connectivity index (χ0n) is 19.1. The van der Waals surface area contributed by atoms with Gasteiger partial charge in [-0.2, -0.15) is 10.4 Å². The molecule has 10 heteroatoms. The van der Waals surface area contributed by atoms with E-state index in [2.05, 4.69) is 16.6 Å². The molecule has 0 spiro atoms. The largest absolute Gasteiger partial charge is 0.490 e. The van der Waals surface area contributed by atoms with Crippen LogP contribution >= 0.6 is 0 Å². The number of carbonyl (C=O) groups is 1. The van der Waals surface area contributed by atoms with E-state index in [1.165, 1.54) is 30.5 Å². The molecule has 4 rings (SSSR count). The van der Waals surface area contributed by atoms with Gasteiger partial charge in [0.25, 0.3) is 5.69 Å². The van der Waals surface area contributed by atoms with Crippen molar-refractivity contribution in [3.8, 4) is 17.6 Å². The highest BCUT2D eigenvalue weighted by Gasteiger charge is 2.15. The number of amides is 1. The number of benzene rings is 3. The number of hydrogen-bond donors (Lipinski definition) is 1. The maximum Gasteiger partial charge on any atom is 0.307 e. The van der Waals surface area contributed by atoms with Crippen LogP contribution in [-0.4, -0.2) is 23.7 Å². The molecule has 1 amide bonds. The molecule has 10 nitrogen and oxygen atoms in total. The number of ether oxygens (including phenoxy) is 2. The van der Waals surface area contributed by atoms with Crippen molar-refractivity contribution in [2.24, 2.45) is 5.10 Å². The molecule has 180 valence electrons. The van der Waals surface area contributed by atoms with E-state index in [4.69, 9.17) is 13.9 Å². The first kappa shape index (κ1) is 24.0. The average Bonchev–Trinajstić information content (AvgIpc) is 3.32. The number of carbonyl (C=O) groups excluding carboxylic acids is 1. The molecular formula is C26H20N4O6. The van der Waals surface area contributed by atoms with Crippen LogP contribution in [0.25, 0.3) is 11.0 Å². The Labute approximate surface area is 205 Å². The van der Waals surface area contributed by atoms with Gasteiger partial charge in [0.2, 0.25) is 0 Å². The van der Waals surface area contributed by atoms with Gasteiger partial charge >= 0.3 is 5.91 Å². The maximum atomic E-state index is 12.4. The van der Waals surface area contributed by atoms with Crippen molar-refractivity contribution in [3.05, 3.63) is 99.3 Å². The van der Waals surface area contributed by atoms with Gasteiger partial charge in [-0.25, -0.2) is 5.43 Å². The number of hydrazone groups is 1. The zero-order chi connectivity index (χ0) is 25.5. The van der Waals surface area contributed by atoms with Gasteiger partial charge < -0.3 is 13.9 Å². The van der Waals surface area contributed by atoms with Crippen molar-refractivity contribution in [3.63, 3.8) is 0 Å². The number of rotatable bonds is 9. The minimum Gasteiger partial charge on any atom is -0.490 e. The van der Waals surface area contributed by atoms with Crippen molar-refractivity contribution >= 4 is 28.8 Å². The van der Waals surface area contributed by atoms with E-state index in [1.54, 1.807) is 30.3 Å². The fourth-order valence-corrected chi connectivity index (χ4v) is 3.38. The van der Waals surface area contributed by atoms with Gasteiger partial charge in [0, 0.05) is 23.1 Å². The summed E-state index contributed by atoms with van der Waals surface area (Å²) in [5, 5.41) is 24.6. The Morgan fingerprint density at radius 2 is 1.97 bits per heavy atom. The third-order valence-corrected chi connectivity index (χ3v) is 5.10. The highest BCUT2D eigenvalue weighted by Crippen LogP contribution is 2.29. The molecule has 0 unspecified atom stereocenters. The van der Waals surface area contributed by atoms with Crippen LogP contribution in [0.5, 0.6) is 11.5 Å². The van der Waals surface area contributed by atoms with Crippen LogP contribution < -0.4 is 14.9 Å². The molecular weight excluding hydrogens is 464 g/mol. The van der Waals surface area contributed by atoms with Crippen LogP contribution in [0.3, 0.4) is 0 Å². The summed E-state index contributed by atoms with van der Waals surface area (Å²) in [6, 6.07) is 20.0. The summed E-state index contributed by atoms with van der Waals surface area (Å²) in [6.07, 6.45) is 1.43. The molecule has 0 aliphatic rings. The molecule has 0 atom stereocenters. The second-order valence-corrected chi connectivity index (χ2v) is 7.49. The van der Waals surface area contributed by atoms with Gasteiger partial charge in [-0.1, -0.05) is 18.2 Å². The number of nitro benzene ring substituents is 1. The predicted octanol–water partition coefficient (Wildman–Crippen LogP) is 4.95. The predicted molar refractivity (Wildman–Crippen MR) is 131 cm³/mol. The Morgan fingerprint density at radius 1 is 1.14 bits per heavy atom. The second kappa shape index (κ2) is 10.8. The molecule has 0 saturated carbocycles. The number of fused-ring (bicyclic) bond motifs is 1. The number of nitrogens with one attached hydrogen (secondary N) is 1. The molecule has 0 aliphatic heterocycles. The van der Waals surface area contributed by atoms with Crippen LogP contribution in [0.1, 0.15) is 34.2 Å². The quantitative estimate of drug-likeness (QED) is 0.201. The van der Waals surface area contributed by atoms with E-state index in [1.807, 2.05) is 19.1 Å². The van der Waals surface area contributed by atoms with E-state index in [-0.39, 0.29) is 18.1 Å². The van der Waals surface area contributed by atoms with Crippen LogP contribution in [0.2, 0.25) is 0 Å². The number of nitro groups is 1. The summed E-state index contributed by atoms with van der Waals surface area (Å²) in [4.78, 5) is 22.8. The first-order valence-electron chi connectivity index (χ1n) is 10.9. The van der Waals surface area contributed by atoms with Crippen LogP contribution in [0, 0.1) is 21.4 Å². The van der Waals surface area contributed by atoms with E-state index in [0.29, 0.717) is 40.2 Å². The Kier molecular flexibility index (Phi) is 7.22. The number of nitriles is 1. The second-order valence-electron chi connectivity index (χ2n) is 7.49. The van der Waals surface area contributed by atoms with Gasteiger partial charge in [-0.05, 0) is 48.9 Å². The normalized spacial score (nSPS) is 10.8. The van der Waals surface area contributed by atoms with Gasteiger partial charge in [0.1, 0.15) is 12.2 Å². The fourth-order valence-electron chi connectivity index (χ4n) is 3.38. The highest BCUT2D eigenvalue weighted by molar-refractivity contribution is 5.97. The van der Waals surface area contributed by atoms with Gasteiger partial charge in [0.05, 0.1) is 29.4 Å². The van der Waals surface area contributed by atoms with Crippen LogP contribution in [0.15, 0.2) is 76.2 Å². The minimum atomic E-state index is -0.605. The van der Waals surface area contributed by atoms with E-state index < -0.39 is 10.8 Å². The van der Waals surface area contributed by atoms with Crippen molar-refractivity contribution in [2.45, 2.75) is 13.5 Å². The molecule has 1 heterocycles. The molecule has 4 aromatic rings. The van der Waals surface area contributed by atoms with Crippen molar-refractivity contribution in [1.82, 2.24) is 5.43 Å². The highest BCUT2D eigenvalue weighted by atomic mass is 16.6. The van der Waals surface area contributed by atoms with Gasteiger partial charge in [-0.15, -0.1) is 0 Å². The summed E-state index contributed by atoms with van der Waals surface area (Å²) < 4.78 is 17.0. The fraction of sp³-hybridized carbons (Fsp3) is 0.115. The van der Waals surface area contributed by atoms with Crippen molar-refractivity contribution in [2.75, 3.05) is 6.61 Å². The van der Waals surface area contributed by atoms with Crippen LogP contribution in [-0.2, 0) is 6.61 Å². The lowest BCUT2D eigenvalue weighted by Gasteiger charge is -2.13. The summed E-state index contributed by atoms with van der Waals surface area (Å²) in [7, 11) is 0. The smallest absolute Gasteiger partial charge is 0.307 e. The molecule has 36 heavy (non-hydrogen) atoms. The molecule has 0 aliphatic carbocycles. The molecule has 3 aromatic carbocycles. The monoisotopic (exact) mass is 484 g/mol. The number of non-ortho nitro benzene ring substituents is 1. The van der Waals surface area contributed by atoms with E-state index >= 15 is 0 Å². The first-order valence-corrected chi connectivity index (χ1v) is 10.9. The topological polar surface area (TPSA) is 140 Å². The van der Waals surface area contributed by atoms with E-state index in [0.717, 1.165) is 5.56 Å². The lowest BCUT2D eigenvalue weighted by atomic mass is 10.1. The number of nitrogens with zero attached hydrogens (tertiary/aromatic N) is 3. The first-order chi connectivity index (χ1) is 17.5. The minimum absolute atomic E-state index is 0.0287. The third-order valence-electron chi connectivity index (χ3n) is 5.10. The third kappa shape index (κ3) is 5.48. The summed E-state index contributed by atoms with van der Waals surface area (Å²) in [5.74, 6) is 0.355. The molecule has 0 bridgehead atoms. The lowest BCUT2D eigenvalue weighted by molar-refractivity contribution is -0.384. The van der Waals surface area contributed by atoms with E-state index in [9.17, 15) is 20.2 Å². The molecule has 0 saturated heterocycles. The standard InChI is InChI=1S/C26H20N4O6/c1-2-34-24-11-17(7-9-23(24)35-16-19-6-4-3-5-18(19)14-27)15-28-29-26(31)25-13-20-12-21(30(32)33)8-10-22(20)36-25/h3-13,15H,2,16H2,1H3,(H,29,31)/b28-15-. The Morgan fingerprint density at radius 3 is 2.75 bits per heavy atom. The zero-order valence-corrected chi connectivity index (χ0v) is 19.1. The Hall–Kier alpha value is -5.17. The summed E-state index contributed by atoms with van der Waals surface area (Å²) in [5.41, 5.74) is 4.57. The number of furan rings is 1. The Bertz CT molecular complexity index is 1500. The molecule has 1 aromatic heterocycles. The van der Waals surface area contributed by atoms with Crippen LogP contribution in [0.4, 0.5) is 5.69 Å². The number of hydrogen-bond acceptors (Lipinski definition) is 8. The summed E-state index contributed by atoms with van der Waals surface area (Å²) in [6.45, 7) is 2.46. The molecule has 1 N–H and O–H groups in total. The van der Waals surface area contributed by atoms with Crippen molar-refractivity contribution < 1.29 is 23.6 Å².